The van der Waals surface area contributed by atoms with Crippen molar-refractivity contribution >= 4 is 17.9 Å². The van der Waals surface area contributed by atoms with Gasteiger partial charge < -0.3 is 15.4 Å². The zero-order chi connectivity index (χ0) is 21.9. The molecule has 2 aromatic carbocycles. The molecule has 0 spiro atoms. The first-order chi connectivity index (χ1) is 15.1. The normalized spacial score (nSPS) is 17.3. The van der Waals surface area contributed by atoms with E-state index in [1.807, 2.05) is 60.7 Å². The van der Waals surface area contributed by atoms with Crippen molar-refractivity contribution in [2.45, 2.75) is 13.1 Å². The molecule has 3 amide bonds. The van der Waals surface area contributed by atoms with E-state index in [0.717, 1.165) is 11.1 Å². The molecule has 2 N–H and O–H groups in total. The van der Waals surface area contributed by atoms with Crippen molar-refractivity contribution in [3.05, 3.63) is 71.8 Å². The molecule has 8 nitrogen and oxygen atoms in total. The Kier molecular flexibility index (Phi) is 8.42. The number of nitrogens with one attached hydrogen (secondary N) is 2. The summed E-state index contributed by atoms with van der Waals surface area (Å²) in [6.07, 6.45) is -0.697. The molecule has 31 heavy (non-hydrogen) atoms. The van der Waals surface area contributed by atoms with Gasteiger partial charge in [0.2, 0.25) is 5.91 Å². The standard InChI is InChI=1S/C23H28N4O4/c28-21-17-27(16-20-9-5-2-6-10-20)23(30)31-18-22(29)25-12-14-26(13-11-24-21)15-19-7-3-1-4-8-19/h1-10H,11-18H2,(H,24,28)(H,25,29). The molecule has 0 unspecified atom stereocenters. The molecular weight excluding hydrogens is 396 g/mol. The average Bonchev–Trinajstić information content (AvgIpc) is 2.78. The smallest absolute Gasteiger partial charge is 0.411 e. The molecule has 0 atom stereocenters. The molecule has 164 valence electrons. The van der Waals surface area contributed by atoms with Gasteiger partial charge in [0.1, 0.15) is 6.54 Å². The van der Waals surface area contributed by atoms with E-state index in [4.69, 9.17) is 4.74 Å². The fraction of sp³-hybridized carbons (Fsp3) is 0.348. The molecule has 0 aromatic heterocycles. The Morgan fingerprint density at radius 1 is 0.742 bits per heavy atom. The summed E-state index contributed by atoms with van der Waals surface area (Å²) in [5, 5.41) is 5.66. The fourth-order valence-corrected chi connectivity index (χ4v) is 3.31. The van der Waals surface area contributed by atoms with Crippen LogP contribution in [0.3, 0.4) is 0 Å². The van der Waals surface area contributed by atoms with Gasteiger partial charge in [-0.05, 0) is 11.1 Å². The summed E-state index contributed by atoms with van der Waals surface area (Å²) in [7, 11) is 0. The number of amides is 3. The van der Waals surface area contributed by atoms with Gasteiger partial charge in [-0.15, -0.1) is 0 Å². The Bertz CT molecular complexity index is 860. The Hall–Kier alpha value is -3.39. The van der Waals surface area contributed by atoms with Crippen LogP contribution in [0.4, 0.5) is 4.79 Å². The van der Waals surface area contributed by atoms with Crippen molar-refractivity contribution in [3.63, 3.8) is 0 Å². The van der Waals surface area contributed by atoms with Crippen molar-refractivity contribution in [1.29, 1.82) is 0 Å². The Balaban J connectivity index is 1.64. The van der Waals surface area contributed by atoms with Crippen LogP contribution >= 0.6 is 0 Å². The lowest BCUT2D eigenvalue weighted by atomic mass is 10.2. The molecule has 1 heterocycles. The molecule has 1 aliphatic rings. The summed E-state index contributed by atoms with van der Waals surface area (Å²) in [6, 6.07) is 19.4. The summed E-state index contributed by atoms with van der Waals surface area (Å²) >= 11 is 0. The van der Waals surface area contributed by atoms with Crippen LogP contribution in [0.5, 0.6) is 0 Å². The van der Waals surface area contributed by atoms with Crippen LogP contribution in [0.1, 0.15) is 11.1 Å². The maximum absolute atomic E-state index is 12.5. The number of carbonyl (C=O) groups excluding carboxylic acids is 3. The van der Waals surface area contributed by atoms with Crippen LogP contribution in [0.2, 0.25) is 0 Å². The minimum Gasteiger partial charge on any atom is -0.439 e. The van der Waals surface area contributed by atoms with Crippen LogP contribution in [-0.2, 0) is 27.4 Å². The lowest BCUT2D eigenvalue weighted by Gasteiger charge is -2.25. The molecule has 0 saturated carbocycles. The van der Waals surface area contributed by atoms with E-state index in [1.54, 1.807) is 0 Å². The van der Waals surface area contributed by atoms with E-state index in [0.29, 0.717) is 32.7 Å². The van der Waals surface area contributed by atoms with Gasteiger partial charge in [0.15, 0.2) is 6.61 Å². The third-order valence-electron chi connectivity index (χ3n) is 4.89. The maximum Gasteiger partial charge on any atom is 0.411 e. The molecule has 2 aromatic rings. The van der Waals surface area contributed by atoms with Gasteiger partial charge in [0.25, 0.3) is 5.91 Å². The Morgan fingerprint density at radius 3 is 1.90 bits per heavy atom. The summed E-state index contributed by atoms with van der Waals surface area (Å²) in [4.78, 5) is 40.5. The predicted octanol–water partition coefficient (Wildman–Crippen LogP) is 1.37. The molecule has 1 fully saturated rings. The number of cyclic esters (lactones) is 1. The fourth-order valence-electron chi connectivity index (χ4n) is 3.31. The Labute approximate surface area is 182 Å². The number of carbonyl (C=O) groups is 3. The summed E-state index contributed by atoms with van der Waals surface area (Å²) in [5.74, 6) is -0.636. The topological polar surface area (TPSA) is 91.0 Å². The van der Waals surface area contributed by atoms with Crippen LogP contribution in [0.25, 0.3) is 0 Å². The van der Waals surface area contributed by atoms with Gasteiger partial charge in [-0.2, -0.15) is 0 Å². The van der Waals surface area contributed by atoms with Gasteiger partial charge in [0.05, 0.1) is 0 Å². The van der Waals surface area contributed by atoms with Crippen LogP contribution in [0, 0.1) is 0 Å². The number of ether oxygens (including phenoxy) is 1. The summed E-state index contributed by atoms with van der Waals surface area (Å²) < 4.78 is 5.14. The minimum absolute atomic E-state index is 0.145. The molecule has 1 saturated heterocycles. The number of benzene rings is 2. The van der Waals surface area contributed by atoms with E-state index in [9.17, 15) is 14.4 Å². The minimum atomic E-state index is -0.697. The second-order valence-corrected chi connectivity index (χ2v) is 7.36. The van der Waals surface area contributed by atoms with E-state index in [2.05, 4.69) is 15.5 Å². The van der Waals surface area contributed by atoms with Crippen molar-refractivity contribution in [2.24, 2.45) is 0 Å². The van der Waals surface area contributed by atoms with Crippen molar-refractivity contribution in [1.82, 2.24) is 20.4 Å². The lowest BCUT2D eigenvalue weighted by molar-refractivity contribution is -0.124. The summed E-state index contributed by atoms with van der Waals surface area (Å²) in [5.41, 5.74) is 2.02. The van der Waals surface area contributed by atoms with Crippen LogP contribution in [-0.4, -0.2) is 67.0 Å². The number of nitrogens with zero attached hydrogens (tertiary/aromatic N) is 2. The first-order valence-corrected chi connectivity index (χ1v) is 10.4. The quantitative estimate of drug-likeness (QED) is 0.774. The molecule has 0 radical (unpaired) electrons. The van der Waals surface area contributed by atoms with Crippen molar-refractivity contribution in [2.75, 3.05) is 39.3 Å². The molecule has 0 aliphatic carbocycles. The maximum atomic E-state index is 12.5. The monoisotopic (exact) mass is 424 g/mol. The van der Waals surface area contributed by atoms with E-state index < -0.39 is 6.09 Å². The van der Waals surface area contributed by atoms with E-state index in [-0.39, 0.29) is 31.5 Å². The van der Waals surface area contributed by atoms with E-state index >= 15 is 0 Å². The van der Waals surface area contributed by atoms with Crippen LogP contribution in [0.15, 0.2) is 60.7 Å². The SMILES string of the molecule is O=C1COC(=O)N(Cc2ccccc2)CC(=O)NCCN(Cc2ccccc2)CCN1. The Morgan fingerprint density at radius 2 is 1.29 bits per heavy atom. The summed E-state index contributed by atoms with van der Waals surface area (Å²) in [6.45, 7) is 2.50. The third-order valence-corrected chi connectivity index (χ3v) is 4.89. The second kappa shape index (κ2) is 11.7. The van der Waals surface area contributed by atoms with Crippen molar-refractivity contribution in [3.8, 4) is 0 Å². The first kappa shape index (κ1) is 22.3. The van der Waals surface area contributed by atoms with Gasteiger partial charge >= 0.3 is 6.09 Å². The number of hydrogen-bond donors (Lipinski definition) is 2. The molecular formula is C23H28N4O4. The molecule has 3 rings (SSSR count). The highest BCUT2D eigenvalue weighted by molar-refractivity contribution is 5.84. The second-order valence-electron chi connectivity index (χ2n) is 7.36. The average molecular weight is 425 g/mol. The highest BCUT2D eigenvalue weighted by Gasteiger charge is 2.21. The molecule has 8 heteroatoms. The van der Waals surface area contributed by atoms with Crippen LogP contribution < -0.4 is 10.6 Å². The highest BCUT2D eigenvalue weighted by Crippen LogP contribution is 2.07. The van der Waals surface area contributed by atoms with Gasteiger partial charge in [-0.3, -0.25) is 19.4 Å². The van der Waals surface area contributed by atoms with Crippen molar-refractivity contribution < 1.29 is 19.1 Å². The molecule has 1 aliphatic heterocycles. The zero-order valence-electron chi connectivity index (χ0n) is 17.5. The molecule has 0 bridgehead atoms. The third kappa shape index (κ3) is 7.75. The van der Waals surface area contributed by atoms with Gasteiger partial charge in [-0.25, -0.2) is 4.79 Å². The highest BCUT2D eigenvalue weighted by atomic mass is 16.6. The zero-order valence-corrected chi connectivity index (χ0v) is 17.5. The largest absolute Gasteiger partial charge is 0.439 e. The van der Waals surface area contributed by atoms with Gasteiger partial charge in [0, 0.05) is 39.3 Å². The lowest BCUT2D eigenvalue weighted by Crippen LogP contribution is -2.45. The first-order valence-electron chi connectivity index (χ1n) is 10.4. The predicted molar refractivity (Wildman–Crippen MR) is 116 cm³/mol. The van der Waals surface area contributed by atoms with Gasteiger partial charge in [-0.1, -0.05) is 60.7 Å². The number of hydrogen-bond acceptors (Lipinski definition) is 5. The van der Waals surface area contributed by atoms with E-state index in [1.165, 1.54) is 4.90 Å². The number of rotatable bonds is 4.